The number of aliphatic hydroxyl groups is 1. The molecule has 9 heteroatoms. The van der Waals surface area contributed by atoms with Gasteiger partial charge in [-0.1, -0.05) is 12.8 Å². The van der Waals surface area contributed by atoms with Crippen LogP contribution < -0.4 is 11.1 Å². The average molecular weight is 402 g/mol. The lowest BCUT2D eigenvalue weighted by Crippen LogP contribution is -2.46. The fraction of sp³-hybridized carbons (Fsp3) is 0.842. The first-order valence-electron chi connectivity index (χ1n) is 9.82. The minimum Gasteiger partial charge on any atom is -0.444 e. The molecule has 0 aliphatic carbocycles. The fourth-order valence-corrected chi connectivity index (χ4v) is 3.11. The number of carbonyl (C=O) groups excluding carboxylic acids is 3. The van der Waals surface area contributed by atoms with Crippen molar-refractivity contribution < 1.29 is 29.0 Å². The lowest BCUT2D eigenvalue weighted by atomic mass is 10.1. The van der Waals surface area contributed by atoms with Crippen LogP contribution >= 0.6 is 0 Å². The minimum absolute atomic E-state index is 0.115. The highest BCUT2D eigenvalue weighted by Gasteiger charge is 2.41. The fourth-order valence-electron chi connectivity index (χ4n) is 3.11. The molecule has 1 aliphatic rings. The molecule has 28 heavy (non-hydrogen) atoms. The van der Waals surface area contributed by atoms with Crippen LogP contribution in [0.15, 0.2) is 0 Å². The van der Waals surface area contributed by atoms with E-state index >= 15 is 0 Å². The van der Waals surface area contributed by atoms with Gasteiger partial charge in [-0.2, -0.15) is 0 Å². The molecule has 1 unspecified atom stereocenters. The van der Waals surface area contributed by atoms with Crippen LogP contribution in [0, 0.1) is 0 Å². The van der Waals surface area contributed by atoms with Gasteiger partial charge in [0.1, 0.15) is 11.6 Å². The molecule has 0 bridgehead atoms. The number of ether oxygens (including phenoxy) is 2. The van der Waals surface area contributed by atoms with E-state index in [-0.39, 0.29) is 24.9 Å². The van der Waals surface area contributed by atoms with Crippen molar-refractivity contribution in [3.05, 3.63) is 0 Å². The summed E-state index contributed by atoms with van der Waals surface area (Å²) < 4.78 is 10.1. The predicted octanol–water partition coefficient (Wildman–Crippen LogP) is 1.27. The summed E-state index contributed by atoms with van der Waals surface area (Å²) in [5.41, 5.74) is 4.73. The smallest absolute Gasteiger partial charge is 0.411 e. The Labute approximate surface area is 166 Å². The van der Waals surface area contributed by atoms with Crippen LogP contribution in [0.2, 0.25) is 0 Å². The van der Waals surface area contributed by atoms with Crippen LogP contribution in [0.5, 0.6) is 0 Å². The van der Waals surface area contributed by atoms with Crippen molar-refractivity contribution in [1.29, 1.82) is 0 Å². The lowest BCUT2D eigenvalue weighted by Gasteiger charge is -2.27. The number of amides is 3. The second-order valence-corrected chi connectivity index (χ2v) is 8.19. The number of unbranched alkanes of at least 4 members (excludes halogenated alkanes) is 3. The predicted molar refractivity (Wildman–Crippen MR) is 103 cm³/mol. The van der Waals surface area contributed by atoms with E-state index in [4.69, 9.17) is 15.2 Å². The highest BCUT2D eigenvalue weighted by molar-refractivity contribution is 5.85. The molecule has 0 aromatic rings. The van der Waals surface area contributed by atoms with Crippen LogP contribution in [-0.2, 0) is 19.1 Å². The molecule has 1 rings (SSSR count). The molecule has 1 saturated heterocycles. The van der Waals surface area contributed by atoms with Gasteiger partial charge in [0.05, 0.1) is 0 Å². The van der Waals surface area contributed by atoms with Crippen molar-refractivity contribution in [1.82, 2.24) is 10.2 Å². The number of nitrogens with zero attached hydrogens (tertiary/aromatic N) is 1. The minimum atomic E-state index is -0.785. The Kier molecular flexibility index (Phi) is 9.68. The number of methoxy groups -OCH3 is 1. The van der Waals surface area contributed by atoms with E-state index in [1.54, 1.807) is 20.8 Å². The molecule has 1 aliphatic heterocycles. The summed E-state index contributed by atoms with van der Waals surface area (Å²) in [6.07, 6.45) is 3.27. The third-order valence-electron chi connectivity index (χ3n) is 4.50. The Bertz CT molecular complexity index is 534. The molecule has 3 atom stereocenters. The normalized spacial score (nSPS) is 20.7. The third kappa shape index (κ3) is 8.88. The van der Waals surface area contributed by atoms with Gasteiger partial charge in [0.2, 0.25) is 11.8 Å². The lowest BCUT2D eigenvalue weighted by molar-refractivity contribution is -0.123. The number of nitrogens with one attached hydrogen (secondary N) is 1. The van der Waals surface area contributed by atoms with E-state index in [9.17, 15) is 19.5 Å². The maximum absolute atomic E-state index is 12.3. The number of hydrogen-bond acceptors (Lipinski definition) is 6. The second kappa shape index (κ2) is 11.2. The van der Waals surface area contributed by atoms with Crippen molar-refractivity contribution in [3.8, 4) is 0 Å². The summed E-state index contributed by atoms with van der Waals surface area (Å²) in [6, 6.07) is -1.11. The molecular formula is C19H35N3O6. The van der Waals surface area contributed by atoms with Crippen molar-refractivity contribution in [3.63, 3.8) is 0 Å². The molecule has 0 saturated carbocycles. The number of aliphatic hydroxyl groups excluding tert-OH is 1. The zero-order chi connectivity index (χ0) is 21.3. The molecule has 0 aromatic carbocycles. The van der Waals surface area contributed by atoms with Gasteiger partial charge in [-0.15, -0.1) is 0 Å². The Morgan fingerprint density at radius 3 is 2.43 bits per heavy atom. The molecule has 0 radical (unpaired) electrons. The van der Waals surface area contributed by atoms with E-state index in [0.29, 0.717) is 12.8 Å². The zero-order valence-electron chi connectivity index (χ0n) is 17.4. The number of carbonyl (C=O) groups is 3. The first kappa shape index (κ1) is 24.2. The number of nitrogens with two attached hydrogens (primary N) is 1. The zero-order valence-corrected chi connectivity index (χ0v) is 17.4. The van der Waals surface area contributed by atoms with Gasteiger partial charge < -0.3 is 25.6 Å². The third-order valence-corrected chi connectivity index (χ3v) is 4.50. The molecule has 0 spiro atoms. The van der Waals surface area contributed by atoms with Crippen LogP contribution in [0.1, 0.15) is 65.7 Å². The van der Waals surface area contributed by atoms with Crippen LogP contribution in [0.3, 0.4) is 0 Å². The molecule has 1 fully saturated rings. The number of rotatable bonds is 10. The first-order chi connectivity index (χ1) is 13.0. The Balaban J connectivity index is 2.38. The van der Waals surface area contributed by atoms with Gasteiger partial charge >= 0.3 is 6.09 Å². The molecule has 1 heterocycles. The molecule has 3 amide bonds. The topological polar surface area (TPSA) is 131 Å². The molecule has 9 nitrogen and oxygen atoms in total. The number of hydrogen-bond donors (Lipinski definition) is 3. The van der Waals surface area contributed by atoms with Gasteiger partial charge in [0.25, 0.3) is 0 Å². The Morgan fingerprint density at radius 2 is 1.86 bits per heavy atom. The standard InChI is InChI=1S/C19H35N3O6/c1-19(2,3)28-18(26)22-12-13(11-14(22)17(20)25)21-15(23)9-7-5-6-8-10-16(24)27-4/h13-14,16,24H,5-12H2,1-4H3,(H2,20,25)(H,21,23)/t13-,14+,16?/m1/s1. The second-order valence-electron chi connectivity index (χ2n) is 8.19. The first-order valence-corrected chi connectivity index (χ1v) is 9.82. The highest BCUT2D eigenvalue weighted by Crippen LogP contribution is 2.21. The van der Waals surface area contributed by atoms with E-state index in [0.717, 1.165) is 25.7 Å². The van der Waals surface area contributed by atoms with E-state index in [2.05, 4.69) is 5.32 Å². The molecular weight excluding hydrogens is 366 g/mol. The van der Waals surface area contributed by atoms with Crippen LogP contribution in [-0.4, -0.2) is 65.5 Å². The van der Waals surface area contributed by atoms with Crippen molar-refractivity contribution >= 4 is 17.9 Å². The van der Waals surface area contributed by atoms with Gasteiger partial charge in [-0.25, -0.2) is 4.79 Å². The summed E-state index contributed by atoms with van der Waals surface area (Å²) in [6.45, 7) is 5.43. The molecule has 0 aromatic heterocycles. The van der Waals surface area contributed by atoms with Gasteiger partial charge in [-0.05, 0) is 46.5 Å². The van der Waals surface area contributed by atoms with Gasteiger partial charge in [0.15, 0.2) is 6.29 Å². The monoisotopic (exact) mass is 401 g/mol. The van der Waals surface area contributed by atoms with Crippen molar-refractivity contribution in [2.45, 2.75) is 89.7 Å². The average Bonchev–Trinajstić information content (AvgIpc) is 3.00. The quantitative estimate of drug-likeness (QED) is 0.373. The van der Waals surface area contributed by atoms with Crippen molar-refractivity contribution in [2.75, 3.05) is 13.7 Å². The Hall–Kier alpha value is -1.87. The maximum Gasteiger partial charge on any atom is 0.411 e. The maximum atomic E-state index is 12.3. The van der Waals surface area contributed by atoms with E-state index < -0.39 is 29.9 Å². The molecule has 162 valence electrons. The van der Waals surface area contributed by atoms with Crippen LogP contribution in [0.4, 0.5) is 4.79 Å². The summed E-state index contributed by atoms with van der Waals surface area (Å²) in [4.78, 5) is 37.4. The Morgan fingerprint density at radius 1 is 1.21 bits per heavy atom. The SMILES string of the molecule is COC(O)CCCCCCC(=O)N[C@@H]1C[C@@H](C(N)=O)N(C(=O)OC(C)(C)C)C1. The van der Waals surface area contributed by atoms with E-state index in [1.807, 2.05) is 0 Å². The largest absolute Gasteiger partial charge is 0.444 e. The summed E-state index contributed by atoms with van der Waals surface area (Å²) >= 11 is 0. The summed E-state index contributed by atoms with van der Waals surface area (Å²) in [5, 5.41) is 12.2. The summed E-state index contributed by atoms with van der Waals surface area (Å²) in [5.74, 6) is -0.725. The van der Waals surface area contributed by atoms with Gasteiger partial charge in [-0.3, -0.25) is 14.5 Å². The number of likely N-dealkylation sites (tertiary alicyclic amines) is 1. The van der Waals surface area contributed by atoms with Gasteiger partial charge in [0, 0.05) is 26.1 Å². The van der Waals surface area contributed by atoms with Crippen LogP contribution in [0.25, 0.3) is 0 Å². The highest BCUT2D eigenvalue weighted by atomic mass is 16.6. The molecule has 4 N–H and O–H groups in total. The number of primary amides is 1. The summed E-state index contributed by atoms with van der Waals surface area (Å²) in [7, 11) is 1.46. The van der Waals surface area contributed by atoms with Crippen molar-refractivity contribution in [2.24, 2.45) is 5.73 Å². The van der Waals surface area contributed by atoms with E-state index in [1.165, 1.54) is 12.0 Å².